The molecule has 1 aromatic heterocycles. The van der Waals surface area contributed by atoms with Crippen LogP contribution in [0, 0.1) is 6.92 Å². The van der Waals surface area contributed by atoms with Gasteiger partial charge in [-0.25, -0.2) is 4.98 Å². The van der Waals surface area contributed by atoms with Crippen molar-refractivity contribution in [3.8, 4) is 11.3 Å². The van der Waals surface area contributed by atoms with Gasteiger partial charge in [0.1, 0.15) is 5.60 Å². The number of aryl methyl sites for hydroxylation is 1. The first-order valence-electron chi connectivity index (χ1n) is 10.3. The van der Waals surface area contributed by atoms with E-state index in [9.17, 15) is 4.79 Å². The van der Waals surface area contributed by atoms with Crippen LogP contribution in [0.1, 0.15) is 41.7 Å². The van der Waals surface area contributed by atoms with E-state index in [1.54, 1.807) is 0 Å². The second-order valence-electron chi connectivity index (χ2n) is 8.51. The van der Waals surface area contributed by atoms with Crippen molar-refractivity contribution in [2.45, 2.75) is 44.2 Å². The minimum absolute atomic E-state index is 0.0686. The molecule has 3 aliphatic rings. The Morgan fingerprint density at radius 3 is 2.82 bits per heavy atom. The number of benzene rings is 1. The van der Waals surface area contributed by atoms with Crippen LogP contribution in [0.3, 0.4) is 0 Å². The van der Waals surface area contributed by atoms with E-state index in [1.807, 2.05) is 36.1 Å². The number of rotatable bonds is 3. The van der Waals surface area contributed by atoms with Gasteiger partial charge in [-0.15, -0.1) is 0 Å². The third kappa shape index (κ3) is 3.14. The van der Waals surface area contributed by atoms with Gasteiger partial charge in [-0.3, -0.25) is 9.69 Å². The summed E-state index contributed by atoms with van der Waals surface area (Å²) in [5.74, 6) is 0.481. The van der Waals surface area contributed by atoms with Gasteiger partial charge in [0.2, 0.25) is 0 Å². The largest absolute Gasteiger partial charge is 0.443 e. The highest BCUT2D eigenvalue weighted by molar-refractivity contribution is 5.98. The second-order valence-corrected chi connectivity index (χ2v) is 8.51. The molecular formula is C22H27N3O3. The standard InChI is InChI=1S/C22H27N3O3/c1-16-6-5-7-17(10-16)20-19(23-15-27-20)21(26)25-13-22(14-25)11-18(12-28-22)24-8-3-2-4-9-24/h5-7,10,15,18H,2-4,8-9,11-14H2,1H3. The number of nitrogens with zero attached hydrogens (tertiary/aromatic N) is 3. The van der Waals surface area contributed by atoms with E-state index >= 15 is 0 Å². The van der Waals surface area contributed by atoms with Gasteiger partial charge in [-0.2, -0.15) is 0 Å². The molecular weight excluding hydrogens is 354 g/mol. The Bertz CT molecular complexity index is 865. The molecule has 4 heterocycles. The molecule has 1 amide bonds. The molecule has 0 saturated carbocycles. The predicted octanol–water partition coefficient (Wildman–Crippen LogP) is 3.12. The number of carbonyl (C=O) groups excluding carboxylic acids is 1. The fraction of sp³-hybridized carbons (Fsp3) is 0.545. The summed E-state index contributed by atoms with van der Waals surface area (Å²) in [6.07, 6.45) is 6.32. The Morgan fingerprint density at radius 1 is 1.21 bits per heavy atom. The minimum atomic E-state index is -0.162. The van der Waals surface area contributed by atoms with Crippen LogP contribution in [0.15, 0.2) is 35.1 Å². The fourth-order valence-electron chi connectivity index (χ4n) is 4.89. The van der Waals surface area contributed by atoms with Gasteiger partial charge in [0, 0.05) is 11.6 Å². The molecule has 0 N–H and O–H groups in total. The number of oxazole rings is 1. The maximum Gasteiger partial charge on any atom is 0.276 e. The highest BCUT2D eigenvalue weighted by atomic mass is 16.5. The van der Waals surface area contributed by atoms with Gasteiger partial charge in [-0.05, 0) is 45.3 Å². The Hall–Kier alpha value is -2.18. The van der Waals surface area contributed by atoms with Gasteiger partial charge < -0.3 is 14.1 Å². The number of aromatic nitrogens is 1. The summed E-state index contributed by atoms with van der Waals surface area (Å²) in [4.78, 5) is 21.7. The van der Waals surface area contributed by atoms with E-state index in [2.05, 4.69) is 9.88 Å². The number of hydrogen-bond donors (Lipinski definition) is 0. The maximum atomic E-state index is 13.0. The van der Waals surface area contributed by atoms with Crippen molar-refractivity contribution in [1.82, 2.24) is 14.8 Å². The van der Waals surface area contributed by atoms with E-state index in [1.165, 1.54) is 38.7 Å². The minimum Gasteiger partial charge on any atom is -0.443 e. The van der Waals surface area contributed by atoms with Crippen molar-refractivity contribution in [3.05, 3.63) is 41.9 Å². The highest BCUT2D eigenvalue weighted by Gasteiger charge is 2.52. The smallest absolute Gasteiger partial charge is 0.276 e. The van der Waals surface area contributed by atoms with Gasteiger partial charge in [-0.1, -0.05) is 30.2 Å². The molecule has 3 fully saturated rings. The Labute approximate surface area is 165 Å². The van der Waals surface area contributed by atoms with Crippen molar-refractivity contribution in [3.63, 3.8) is 0 Å². The first-order chi connectivity index (χ1) is 13.6. The van der Waals surface area contributed by atoms with Gasteiger partial charge in [0.05, 0.1) is 19.7 Å². The van der Waals surface area contributed by atoms with Crippen molar-refractivity contribution >= 4 is 5.91 Å². The van der Waals surface area contributed by atoms with Crippen LogP contribution in [-0.4, -0.2) is 65.1 Å². The Morgan fingerprint density at radius 2 is 2.04 bits per heavy atom. The average molecular weight is 381 g/mol. The molecule has 1 unspecified atom stereocenters. The molecule has 6 nitrogen and oxygen atoms in total. The van der Waals surface area contributed by atoms with Crippen LogP contribution in [-0.2, 0) is 4.74 Å². The molecule has 3 aliphatic heterocycles. The second kappa shape index (κ2) is 7.01. The highest BCUT2D eigenvalue weighted by Crippen LogP contribution is 2.38. The summed E-state index contributed by atoms with van der Waals surface area (Å²) in [5.41, 5.74) is 2.24. The van der Waals surface area contributed by atoms with Crippen molar-refractivity contribution < 1.29 is 13.9 Å². The molecule has 148 valence electrons. The lowest BCUT2D eigenvalue weighted by atomic mass is 9.88. The van der Waals surface area contributed by atoms with Gasteiger partial charge in [0.25, 0.3) is 5.91 Å². The first-order valence-corrected chi connectivity index (χ1v) is 10.3. The molecule has 28 heavy (non-hydrogen) atoms. The molecule has 5 rings (SSSR count). The van der Waals surface area contributed by atoms with E-state index in [-0.39, 0.29) is 11.5 Å². The Balaban J connectivity index is 1.25. The first kappa shape index (κ1) is 17.9. The van der Waals surface area contributed by atoms with Crippen LogP contribution in [0.25, 0.3) is 11.3 Å². The van der Waals surface area contributed by atoms with Crippen LogP contribution >= 0.6 is 0 Å². The third-order valence-corrected chi connectivity index (χ3v) is 6.39. The summed E-state index contributed by atoms with van der Waals surface area (Å²) in [7, 11) is 0. The van der Waals surface area contributed by atoms with Crippen LogP contribution in [0.5, 0.6) is 0 Å². The number of likely N-dealkylation sites (tertiary alicyclic amines) is 2. The zero-order valence-electron chi connectivity index (χ0n) is 16.4. The van der Waals surface area contributed by atoms with Crippen LogP contribution in [0.4, 0.5) is 0 Å². The topological polar surface area (TPSA) is 58.8 Å². The van der Waals surface area contributed by atoms with E-state index in [0.29, 0.717) is 30.6 Å². The van der Waals surface area contributed by atoms with Crippen molar-refractivity contribution in [2.75, 3.05) is 32.8 Å². The molecule has 0 bridgehead atoms. The van der Waals surface area contributed by atoms with Gasteiger partial charge >= 0.3 is 0 Å². The summed E-state index contributed by atoms with van der Waals surface area (Å²) >= 11 is 0. The SMILES string of the molecule is Cc1cccc(-c2ocnc2C(=O)N2CC3(CC(N4CCCCC4)CO3)C2)c1. The third-order valence-electron chi connectivity index (χ3n) is 6.39. The zero-order chi connectivity index (χ0) is 19.1. The van der Waals surface area contributed by atoms with E-state index < -0.39 is 0 Å². The lowest BCUT2D eigenvalue weighted by Gasteiger charge is -2.47. The molecule has 1 spiro atoms. The van der Waals surface area contributed by atoms with Crippen LogP contribution in [0.2, 0.25) is 0 Å². The van der Waals surface area contributed by atoms with E-state index in [4.69, 9.17) is 9.15 Å². The maximum absolute atomic E-state index is 13.0. The van der Waals surface area contributed by atoms with E-state index in [0.717, 1.165) is 24.2 Å². The normalized spacial score (nSPS) is 24.5. The summed E-state index contributed by atoms with van der Waals surface area (Å²) < 4.78 is 11.8. The number of ether oxygens (including phenoxy) is 1. The molecule has 2 aromatic rings. The van der Waals surface area contributed by atoms with Crippen molar-refractivity contribution in [1.29, 1.82) is 0 Å². The molecule has 6 heteroatoms. The zero-order valence-corrected chi connectivity index (χ0v) is 16.4. The predicted molar refractivity (Wildman–Crippen MR) is 105 cm³/mol. The quantitative estimate of drug-likeness (QED) is 0.818. The van der Waals surface area contributed by atoms with Crippen LogP contribution < -0.4 is 0 Å². The number of piperidine rings is 1. The summed E-state index contributed by atoms with van der Waals surface area (Å²) in [6.45, 7) is 6.49. The fourth-order valence-corrected chi connectivity index (χ4v) is 4.89. The number of hydrogen-bond acceptors (Lipinski definition) is 5. The lowest BCUT2D eigenvalue weighted by Crippen LogP contribution is -2.63. The molecule has 1 atom stereocenters. The molecule has 1 aromatic carbocycles. The monoisotopic (exact) mass is 381 g/mol. The average Bonchev–Trinajstić information content (AvgIpc) is 3.35. The molecule has 3 saturated heterocycles. The summed E-state index contributed by atoms with van der Waals surface area (Å²) in [5, 5.41) is 0. The summed E-state index contributed by atoms with van der Waals surface area (Å²) in [6, 6.07) is 8.46. The molecule has 0 aliphatic carbocycles. The number of carbonyl (C=O) groups is 1. The molecule has 0 radical (unpaired) electrons. The van der Waals surface area contributed by atoms with Crippen molar-refractivity contribution in [2.24, 2.45) is 0 Å². The lowest BCUT2D eigenvalue weighted by molar-refractivity contribution is -0.0952. The van der Waals surface area contributed by atoms with Gasteiger partial charge in [0.15, 0.2) is 17.8 Å². The Kier molecular flexibility index (Phi) is 4.48. The number of amides is 1.